The van der Waals surface area contributed by atoms with Crippen molar-refractivity contribution in [3.05, 3.63) is 23.8 Å². The van der Waals surface area contributed by atoms with E-state index in [0.29, 0.717) is 6.10 Å². The van der Waals surface area contributed by atoms with Crippen LogP contribution in [-0.2, 0) is 11.2 Å². The highest BCUT2D eigenvalue weighted by atomic mass is 16.5. The van der Waals surface area contributed by atoms with Crippen LogP contribution in [0.3, 0.4) is 0 Å². The van der Waals surface area contributed by atoms with Crippen molar-refractivity contribution in [2.24, 2.45) is 0 Å². The number of nitrogens with two attached hydrogens (primary N) is 1. The van der Waals surface area contributed by atoms with Crippen LogP contribution in [0.2, 0.25) is 0 Å². The van der Waals surface area contributed by atoms with Gasteiger partial charge in [0.25, 0.3) is 0 Å². The van der Waals surface area contributed by atoms with Crippen LogP contribution in [0, 0.1) is 0 Å². The molecule has 2 aliphatic heterocycles. The summed E-state index contributed by atoms with van der Waals surface area (Å²) >= 11 is 0. The van der Waals surface area contributed by atoms with E-state index >= 15 is 0 Å². The molecule has 2 N–H and O–H groups in total. The minimum absolute atomic E-state index is 0.419. The van der Waals surface area contributed by atoms with E-state index in [-0.39, 0.29) is 0 Å². The van der Waals surface area contributed by atoms with E-state index < -0.39 is 0 Å². The Morgan fingerprint density at radius 3 is 3.12 bits per heavy atom. The molecule has 1 fully saturated rings. The van der Waals surface area contributed by atoms with Gasteiger partial charge in [0.15, 0.2) is 0 Å². The van der Waals surface area contributed by atoms with Crippen molar-refractivity contribution in [1.29, 1.82) is 0 Å². The summed E-state index contributed by atoms with van der Waals surface area (Å²) in [6, 6.07) is 6.26. The number of nitrogens with zero attached hydrogens (tertiary/aromatic N) is 1. The van der Waals surface area contributed by atoms with Crippen LogP contribution in [0.1, 0.15) is 24.8 Å². The Hall–Kier alpha value is -1.22. The number of rotatable bonds is 2. The first-order chi connectivity index (χ1) is 8.34. The van der Waals surface area contributed by atoms with Crippen LogP contribution in [0.4, 0.5) is 11.4 Å². The second-order valence-electron chi connectivity index (χ2n) is 5.03. The molecule has 0 radical (unpaired) electrons. The van der Waals surface area contributed by atoms with Crippen LogP contribution >= 0.6 is 0 Å². The maximum Gasteiger partial charge on any atom is 0.0750 e. The molecular formula is C14H20N2O. The van der Waals surface area contributed by atoms with Gasteiger partial charge in [-0.3, -0.25) is 0 Å². The van der Waals surface area contributed by atoms with E-state index in [9.17, 15) is 0 Å². The fourth-order valence-electron chi connectivity index (χ4n) is 2.95. The van der Waals surface area contributed by atoms with Gasteiger partial charge in [0.05, 0.1) is 6.10 Å². The van der Waals surface area contributed by atoms with Gasteiger partial charge in [-0.05, 0) is 43.4 Å². The van der Waals surface area contributed by atoms with Crippen molar-refractivity contribution >= 4 is 11.4 Å². The molecule has 1 unspecified atom stereocenters. The lowest BCUT2D eigenvalue weighted by Gasteiger charge is -2.33. The molecule has 0 saturated carbocycles. The van der Waals surface area contributed by atoms with Gasteiger partial charge in [-0.1, -0.05) is 6.07 Å². The molecule has 2 heterocycles. The van der Waals surface area contributed by atoms with Gasteiger partial charge in [0, 0.05) is 31.1 Å². The summed E-state index contributed by atoms with van der Waals surface area (Å²) in [6.07, 6.45) is 5.15. The third kappa shape index (κ3) is 2.12. The largest absolute Gasteiger partial charge is 0.398 e. The predicted molar refractivity (Wildman–Crippen MR) is 70.4 cm³/mol. The van der Waals surface area contributed by atoms with Crippen molar-refractivity contribution in [3.63, 3.8) is 0 Å². The van der Waals surface area contributed by atoms with E-state index in [1.54, 1.807) is 0 Å². The molecule has 2 aliphatic rings. The Kier molecular flexibility index (Phi) is 2.93. The summed E-state index contributed by atoms with van der Waals surface area (Å²) in [5.74, 6) is 0. The van der Waals surface area contributed by atoms with Gasteiger partial charge in [0.1, 0.15) is 0 Å². The number of ether oxygens (including phenoxy) is 1. The number of nitrogen functional groups attached to an aromatic ring is 1. The zero-order valence-electron chi connectivity index (χ0n) is 10.2. The van der Waals surface area contributed by atoms with Crippen LogP contribution in [-0.4, -0.2) is 25.8 Å². The van der Waals surface area contributed by atoms with Crippen LogP contribution in [0.15, 0.2) is 18.2 Å². The number of hydrogen-bond acceptors (Lipinski definition) is 3. The topological polar surface area (TPSA) is 38.5 Å². The quantitative estimate of drug-likeness (QED) is 0.794. The van der Waals surface area contributed by atoms with Gasteiger partial charge in [-0.25, -0.2) is 0 Å². The van der Waals surface area contributed by atoms with Crippen molar-refractivity contribution < 1.29 is 4.74 Å². The van der Waals surface area contributed by atoms with E-state index in [1.165, 1.54) is 30.5 Å². The summed E-state index contributed by atoms with van der Waals surface area (Å²) in [4.78, 5) is 2.45. The molecule has 0 spiro atoms. The van der Waals surface area contributed by atoms with Crippen molar-refractivity contribution in [3.8, 4) is 0 Å². The maximum atomic E-state index is 6.05. The fourth-order valence-corrected chi connectivity index (χ4v) is 2.95. The van der Waals surface area contributed by atoms with Gasteiger partial charge < -0.3 is 15.4 Å². The van der Waals surface area contributed by atoms with Crippen LogP contribution < -0.4 is 10.6 Å². The number of benzene rings is 1. The molecule has 1 atom stereocenters. The molecule has 0 bridgehead atoms. The third-order valence-electron chi connectivity index (χ3n) is 3.83. The van der Waals surface area contributed by atoms with Gasteiger partial charge in [-0.2, -0.15) is 0 Å². The molecule has 1 aromatic rings. The monoisotopic (exact) mass is 232 g/mol. The van der Waals surface area contributed by atoms with E-state index in [2.05, 4.69) is 17.0 Å². The lowest BCUT2D eigenvalue weighted by atomic mass is 9.99. The molecule has 3 heteroatoms. The molecule has 17 heavy (non-hydrogen) atoms. The second-order valence-corrected chi connectivity index (χ2v) is 5.03. The summed E-state index contributed by atoms with van der Waals surface area (Å²) < 4.78 is 5.73. The standard InChI is InChI=1S/C14H20N2O/c15-13-6-1-7-14-12(13)5-2-8-16(14)10-11-4-3-9-17-11/h1,6-7,11H,2-5,8-10,15H2. The van der Waals surface area contributed by atoms with Crippen molar-refractivity contribution in [1.82, 2.24) is 0 Å². The van der Waals surface area contributed by atoms with Crippen molar-refractivity contribution in [2.75, 3.05) is 30.3 Å². The van der Waals surface area contributed by atoms with Gasteiger partial charge in [0.2, 0.25) is 0 Å². The smallest absolute Gasteiger partial charge is 0.0750 e. The zero-order valence-corrected chi connectivity index (χ0v) is 10.2. The highest BCUT2D eigenvalue weighted by molar-refractivity contribution is 5.66. The minimum atomic E-state index is 0.419. The first-order valence-corrected chi connectivity index (χ1v) is 6.58. The molecule has 3 rings (SSSR count). The molecule has 0 aromatic heterocycles. The molecule has 0 aliphatic carbocycles. The Balaban J connectivity index is 1.81. The molecule has 1 saturated heterocycles. The highest BCUT2D eigenvalue weighted by Crippen LogP contribution is 2.32. The van der Waals surface area contributed by atoms with Crippen LogP contribution in [0.25, 0.3) is 0 Å². The van der Waals surface area contributed by atoms with Gasteiger partial charge in [-0.15, -0.1) is 0 Å². The van der Waals surface area contributed by atoms with E-state index in [4.69, 9.17) is 10.5 Å². The normalized spacial score (nSPS) is 23.8. The zero-order chi connectivity index (χ0) is 11.7. The molecule has 1 aromatic carbocycles. The predicted octanol–water partition coefficient (Wildman–Crippen LogP) is 2.20. The Morgan fingerprint density at radius 2 is 2.29 bits per heavy atom. The lowest BCUT2D eigenvalue weighted by Crippen LogP contribution is -2.36. The molecule has 0 amide bonds. The molecular weight excluding hydrogens is 212 g/mol. The maximum absolute atomic E-state index is 6.05. The summed E-state index contributed by atoms with van der Waals surface area (Å²) in [6.45, 7) is 3.09. The second kappa shape index (κ2) is 4.57. The van der Waals surface area contributed by atoms with E-state index in [1.807, 2.05) is 6.07 Å². The average molecular weight is 232 g/mol. The molecule has 3 nitrogen and oxygen atoms in total. The first-order valence-electron chi connectivity index (χ1n) is 6.58. The summed E-state index contributed by atoms with van der Waals surface area (Å²) in [5, 5.41) is 0. The van der Waals surface area contributed by atoms with Crippen molar-refractivity contribution in [2.45, 2.75) is 31.8 Å². The van der Waals surface area contributed by atoms with Crippen LogP contribution in [0.5, 0.6) is 0 Å². The third-order valence-corrected chi connectivity index (χ3v) is 3.83. The number of anilines is 2. The number of hydrogen-bond donors (Lipinski definition) is 1. The SMILES string of the molecule is Nc1cccc2c1CCCN2CC1CCCO1. The molecule has 92 valence electrons. The summed E-state index contributed by atoms with van der Waals surface area (Å²) in [7, 11) is 0. The highest BCUT2D eigenvalue weighted by Gasteiger charge is 2.23. The minimum Gasteiger partial charge on any atom is -0.398 e. The Labute approximate surface area is 103 Å². The first kappa shape index (κ1) is 10.9. The lowest BCUT2D eigenvalue weighted by molar-refractivity contribution is 0.115. The fraction of sp³-hybridized carbons (Fsp3) is 0.571. The summed E-state index contributed by atoms with van der Waals surface area (Å²) in [5.41, 5.74) is 9.65. The Morgan fingerprint density at radius 1 is 1.35 bits per heavy atom. The number of fused-ring (bicyclic) bond motifs is 1. The Bertz CT molecular complexity index is 399. The van der Waals surface area contributed by atoms with E-state index in [0.717, 1.165) is 31.8 Å². The van der Waals surface area contributed by atoms with Gasteiger partial charge >= 0.3 is 0 Å². The average Bonchev–Trinajstić information content (AvgIpc) is 2.83.